The molecule has 0 aliphatic heterocycles. The highest BCUT2D eigenvalue weighted by atomic mass is 35.5. The maximum Gasteiger partial charge on any atom is 0.273 e. The molecule has 18 heavy (non-hydrogen) atoms. The summed E-state index contributed by atoms with van der Waals surface area (Å²) >= 11 is 0. The highest BCUT2D eigenvalue weighted by Crippen LogP contribution is 2.34. The van der Waals surface area contributed by atoms with E-state index in [4.69, 9.17) is 0 Å². The Kier molecular flexibility index (Phi) is 4.67. The first kappa shape index (κ1) is 14.4. The molecule has 0 aromatic heterocycles. The van der Waals surface area contributed by atoms with Crippen LogP contribution < -0.4 is 5.32 Å². The normalized spacial score (nSPS) is 13.2. The number of nitrogens with one attached hydrogen (secondary N) is 1. The van der Waals surface area contributed by atoms with Crippen molar-refractivity contribution in [1.82, 2.24) is 0 Å². The molecule has 1 aliphatic carbocycles. The van der Waals surface area contributed by atoms with E-state index >= 15 is 0 Å². The molecule has 0 radical (unpaired) electrons. The van der Waals surface area contributed by atoms with E-state index in [9.17, 15) is 14.9 Å². The van der Waals surface area contributed by atoms with Crippen LogP contribution in [0.3, 0.4) is 0 Å². The Morgan fingerprint density at radius 1 is 1.28 bits per heavy atom. The number of hydrogen-bond donors (Lipinski definition) is 1. The largest absolute Gasteiger partial charge is 0.326 e. The first-order chi connectivity index (χ1) is 8.09. The molecule has 1 amide bonds. The molecule has 0 atom stereocenters. The molecular formula is C12H15ClN2O3. The van der Waals surface area contributed by atoms with Gasteiger partial charge in [-0.1, -0.05) is 0 Å². The molecule has 0 heterocycles. The van der Waals surface area contributed by atoms with Crippen LogP contribution in [0, 0.1) is 10.1 Å². The summed E-state index contributed by atoms with van der Waals surface area (Å²) in [5, 5.41) is 13.7. The quantitative estimate of drug-likeness (QED) is 0.663. The van der Waals surface area contributed by atoms with Gasteiger partial charge in [-0.2, -0.15) is 0 Å². The summed E-state index contributed by atoms with van der Waals surface area (Å²) in [7, 11) is 0. The van der Waals surface area contributed by atoms with Gasteiger partial charge >= 0.3 is 0 Å². The number of halogens is 1. The number of hydrogen-bond acceptors (Lipinski definition) is 3. The molecule has 1 aliphatic rings. The van der Waals surface area contributed by atoms with Gasteiger partial charge in [-0.25, -0.2) is 0 Å². The van der Waals surface area contributed by atoms with E-state index in [1.54, 1.807) is 6.07 Å². The first-order valence-electron chi connectivity index (χ1n) is 5.66. The summed E-state index contributed by atoms with van der Waals surface area (Å²) in [6.45, 7) is 1.44. The maximum absolute atomic E-state index is 11.1. The third-order valence-electron chi connectivity index (χ3n) is 3.02. The lowest BCUT2D eigenvalue weighted by Gasteiger charge is -2.19. The van der Waals surface area contributed by atoms with Crippen molar-refractivity contribution < 1.29 is 9.72 Å². The van der Waals surface area contributed by atoms with Crippen LogP contribution in [0.5, 0.6) is 0 Å². The molecule has 1 aromatic carbocycles. The van der Waals surface area contributed by atoms with Crippen LogP contribution in [-0.4, -0.2) is 10.8 Å². The number of carbonyl (C=O) groups is 1. The standard InChI is InChI=1S/C12H14N2O3.ClH/c1-8(15)13-11-6-7-12(14(16)17)10-5-3-2-4-9(10)11;/h6-7H,2-5H2,1H3,(H,13,15);1H. The first-order valence-corrected chi connectivity index (χ1v) is 5.66. The summed E-state index contributed by atoms with van der Waals surface area (Å²) < 4.78 is 0. The van der Waals surface area contributed by atoms with Gasteiger partial charge in [0.1, 0.15) is 0 Å². The fourth-order valence-electron chi connectivity index (χ4n) is 2.33. The summed E-state index contributed by atoms with van der Waals surface area (Å²) in [6.07, 6.45) is 3.50. The average Bonchev–Trinajstić information content (AvgIpc) is 2.28. The molecule has 0 bridgehead atoms. The van der Waals surface area contributed by atoms with Crippen LogP contribution in [-0.2, 0) is 17.6 Å². The van der Waals surface area contributed by atoms with Crippen molar-refractivity contribution in [3.05, 3.63) is 33.4 Å². The molecule has 1 N–H and O–H groups in total. The van der Waals surface area contributed by atoms with Crippen LogP contribution in [0.15, 0.2) is 12.1 Å². The van der Waals surface area contributed by atoms with Crippen LogP contribution in [0.1, 0.15) is 30.9 Å². The molecular weight excluding hydrogens is 256 g/mol. The fourth-order valence-corrected chi connectivity index (χ4v) is 2.33. The van der Waals surface area contributed by atoms with E-state index in [-0.39, 0.29) is 28.9 Å². The molecule has 5 nitrogen and oxygen atoms in total. The lowest BCUT2D eigenvalue weighted by molar-refractivity contribution is -0.385. The number of nitro benzene ring substituents is 1. The van der Waals surface area contributed by atoms with Gasteiger partial charge in [0.2, 0.25) is 5.91 Å². The molecule has 6 heteroatoms. The summed E-state index contributed by atoms with van der Waals surface area (Å²) in [5.41, 5.74) is 2.61. The van der Waals surface area contributed by atoms with E-state index < -0.39 is 0 Å². The Bertz CT molecular complexity index is 488. The Morgan fingerprint density at radius 3 is 2.44 bits per heavy atom. The monoisotopic (exact) mass is 270 g/mol. The zero-order valence-corrected chi connectivity index (χ0v) is 10.9. The molecule has 0 unspecified atom stereocenters. The van der Waals surface area contributed by atoms with Gasteiger partial charge in [0.25, 0.3) is 5.69 Å². The van der Waals surface area contributed by atoms with Gasteiger partial charge < -0.3 is 5.32 Å². The number of benzene rings is 1. The number of nitro groups is 1. The second-order valence-corrected chi connectivity index (χ2v) is 4.23. The third-order valence-corrected chi connectivity index (χ3v) is 3.02. The van der Waals surface area contributed by atoms with Crippen molar-refractivity contribution in [2.75, 3.05) is 5.32 Å². The van der Waals surface area contributed by atoms with Gasteiger partial charge in [-0.15, -0.1) is 12.4 Å². The van der Waals surface area contributed by atoms with Crippen molar-refractivity contribution in [2.45, 2.75) is 32.6 Å². The minimum absolute atomic E-state index is 0. The lowest BCUT2D eigenvalue weighted by atomic mass is 9.89. The number of anilines is 1. The topological polar surface area (TPSA) is 72.2 Å². The minimum atomic E-state index is -0.346. The lowest BCUT2D eigenvalue weighted by Crippen LogP contribution is -2.13. The number of rotatable bonds is 2. The van der Waals surface area contributed by atoms with E-state index in [0.29, 0.717) is 0 Å². The van der Waals surface area contributed by atoms with E-state index in [1.165, 1.54) is 13.0 Å². The fraction of sp³-hybridized carbons (Fsp3) is 0.417. The van der Waals surface area contributed by atoms with Crippen LogP contribution in [0.2, 0.25) is 0 Å². The molecule has 1 aromatic rings. The zero-order valence-electron chi connectivity index (χ0n) is 10.1. The van der Waals surface area contributed by atoms with E-state index in [0.717, 1.165) is 42.5 Å². The summed E-state index contributed by atoms with van der Waals surface area (Å²) in [6, 6.07) is 3.11. The van der Waals surface area contributed by atoms with Crippen molar-refractivity contribution in [1.29, 1.82) is 0 Å². The Morgan fingerprint density at radius 2 is 1.89 bits per heavy atom. The molecule has 0 fully saturated rings. The summed E-state index contributed by atoms with van der Waals surface area (Å²) in [4.78, 5) is 21.7. The Hall–Kier alpha value is -1.62. The number of nitrogens with zero attached hydrogens (tertiary/aromatic N) is 1. The SMILES string of the molecule is CC(=O)Nc1ccc([N+](=O)[O-])c2c1CCCC2.Cl. The minimum Gasteiger partial charge on any atom is -0.326 e. The van der Waals surface area contributed by atoms with E-state index in [2.05, 4.69) is 5.32 Å². The average molecular weight is 271 g/mol. The van der Waals surface area contributed by atoms with Gasteiger partial charge in [-0.3, -0.25) is 14.9 Å². The molecule has 0 spiro atoms. The van der Waals surface area contributed by atoms with Crippen molar-refractivity contribution >= 4 is 29.7 Å². The maximum atomic E-state index is 11.1. The molecule has 98 valence electrons. The van der Waals surface area contributed by atoms with E-state index in [1.807, 2.05) is 0 Å². The molecule has 0 saturated carbocycles. The third kappa shape index (κ3) is 2.79. The zero-order chi connectivity index (χ0) is 12.4. The predicted octanol–water partition coefficient (Wildman–Crippen LogP) is 2.85. The number of fused-ring (bicyclic) bond motifs is 1. The predicted molar refractivity (Wildman–Crippen MR) is 71.3 cm³/mol. The molecule has 0 saturated heterocycles. The van der Waals surface area contributed by atoms with Crippen molar-refractivity contribution in [3.8, 4) is 0 Å². The smallest absolute Gasteiger partial charge is 0.273 e. The number of carbonyl (C=O) groups excluding carboxylic acids is 1. The number of amides is 1. The highest BCUT2D eigenvalue weighted by Gasteiger charge is 2.23. The van der Waals surface area contributed by atoms with Gasteiger partial charge in [0.05, 0.1) is 4.92 Å². The molecule has 2 rings (SSSR count). The van der Waals surface area contributed by atoms with Crippen LogP contribution in [0.4, 0.5) is 11.4 Å². The second-order valence-electron chi connectivity index (χ2n) is 4.23. The van der Waals surface area contributed by atoms with Crippen molar-refractivity contribution in [2.24, 2.45) is 0 Å². The van der Waals surface area contributed by atoms with Crippen LogP contribution in [0.25, 0.3) is 0 Å². The highest BCUT2D eigenvalue weighted by molar-refractivity contribution is 5.90. The van der Waals surface area contributed by atoms with Crippen molar-refractivity contribution in [3.63, 3.8) is 0 Å². The van der Waals surface area contributed by atoms with Gasteiger partial charge in [-0.05, 0) is 37.3 Å². The van der Waals surface area contributed by atoms with Crippen LogP contribution >= 0.6 is 12.4 Å². The summed E-state index contributed by atoms with van der Waals surface area (Å²) in [5.74, 6) is -0.147. The second kappa shape index (κ2) is 5.82. The Labute approximate surface area is 111 Å². The van der Waals surface area contributed by atoms with Gasteiger partial charge in [0, 0.05) is 24.2 Å². The Balaban J connectivity index is 0.00000162. The van der Waals surface area contributed by atoms with Gasteiger partial charge in [0.15, 0.2) is 0 Å².